The average Bonchev–Trinajstić information content (AvgIpc) is 2.01. The molecule has 1 rings (SSSR count). The molecule has 2 N–H and O–H groups in total. The smallest absolute Gasteiger partial charge is 0.416 e. The highest BCUT2D eigenvalue weighted by molar-refractivity contribution is 5.85. The quantitative estimate of drug-likeness (QED) is 0.724. The first kappa shape index (κ1) is 10.3. The first-order valence-corrected chi connectivity index (χ1v) is 3.35. The highest BCUT2D eigenvalue weighted by Gasteiger charge is 2.31. The van der Waals surface area contributed by atoms with Crippen LogP contribution in [-0.4, -0.2) is 16.1 Å². The van der Waals surface area contributed by atoms with E-state index >= 15 is 0 Å². The Morgan fingerprint density at radius 1 is 1.36 bits per heavy atom. The maximum Gasteiger partial charge on any atom is 0.416 e. The molecule has 0 amide bonds. The van der Waals surface area contributed by atoms with Crippen molar-refractivity contribution >= 4 is 5.97 Å². The fourth-order valence-corrected chi connectivity index (χ4v) is 0.822. The number of hydrogen-bond acceptors (Lipinski definition) is 2. The number of H-pyrrole nitrogens is 1. The third kappa shape index (κ3) is 2.12. The summed E-state index contributed by atoms with van der Waals surface area (Å²) in [5.74, 6) is -1.62. The van der Waals surface area contributed by atoms with E-state index in [1.807, 2.05) is 0 Å². The normalized spacial score (nSPS) is 11.4. The van der Waals surface area contributed by atoms with Crippen molar-refractivity contribution in [3.63, 3.8) is 0 Å². The number of alkyl halides is 3. The van der Waals surface area contributed by atoms with Gasteiger partial charge in [-0.3, -0.25) is 4.79 Å². The zero-order valence-electron chi connectivity index (χ0n) is 6.55. The average molecular weight is 207 g/mol. The summed E-state index contributed by atoms with van der Waals surface area (Å²) < 4.78 is 36.2. The third-order valence-electron chi connectivity index (χ3n) is 1.40. The number of nitrogens with one attached hydrogen (secondary N) is 1. The van der Waals surface area contributed by atoms with Crippen molar-refractivity contribution in [1.82, 2.24) is 4.98 Å². The molecule has 0 aromatic carbocycles. The van der Waals surface area contributed by atoms with Crippen LogP contribution in [-0.2, 0) is 6.18 Å². The summed E-state index contributed by atoms with van der Waals surface area (Å²) in [6.07, 6.45) is -4.72. The molecule has 4 nitrogen and oxygen atoms in total. The van der Waals surface area contributed by atoms with Gasteiger partial charge < -0.3 is 10.1 Å². The minimum absolute atomic E-state index is 0.298. The lowest BCUT2D eigenvalue weighted by Crippen LogP contribution is -2.17. The summed E-state index contributed by atoms with van der Waals surface area (Å²) in [5, 5.41) is 8.36. The second-order valence-corrected chi connectivity index (χ2v) is 2.45. The van der Waals surface area contributed by atoms with Crippen LogP contribution >= 0.6 is 0 Å². The Labute approximate surface area is 75.0 Å². The molecule has 1 heterocycles. The molecule has 0 aliphatic rings. The van der Waals surface area contributed by atoms with Crippen LogP contribution in [0, 0.1) is 0 Å². The van der Waals surface area contributed by atoms with Gasteiger partial charge in [0, 0.05) is 6.07 Å². The van der Waals surface area contributed by atoms with Crippen LogP contribution < -0.4 is 5.56 Å². The third-order valence-corrected chi connectivity index (χ3v) is 1.40. The minimum Gasteiger partial charge on any atom is -0.477 e. The SMILES string of the molecule is O=C(O)c1cc(C(F)(F)F)cc(=O)[nH]1. The predicted molar refractivity (Wildman–Crippen MR) is 39.0 cm³/mol. The second-order valence-electron chi connectivity index (χ2n) is 2.45. The molecule has 0 unspecified atom stereocenters. The van der Waals surface area contributed by atoms with Crippen LogP contribution in [0.5, 0.6) is 0 Å². The van der Waals surface area contributed by atoms with Crippen molar-refractivity contribution in [2.45, 2.75) is 6.18 Å². The highest BCUT2D eigenvalue weighted by Crippen LogP contribution is 2.28. The number of aromatic nitrogens is 1. The van der Waals surface area contributed by atoms with Gasteiger partial charge in [-0.25, -0.2) is 4.79 Å². The van der Waals surface area contributed by atoms with Crippen LogP contribution in [0.15, 0.2) is 16.9 Å². The van der Waals surface area contributed by atoms with Gasteiger partial charge in [-0.15, -0.1) is 0 Å². The maximum absolute atomic E-state index is 12.1. The summed E-state index contributed by atoms with van der Waals surface area (Å²) in [4.78, 5) is 22.7. The molecule has 1 aromatic heterocycles. The monoisotopic (exact) mass is 207 g/mol. The Morgan fingerprint density at radius 2 is 1.93 bits per heavy atom. The van der Waals surface area contributed by atoms with Gasteiger partial charge in [0.15, 0.2) is 0 Å². The molecule has 0 aliphatic carbocycles. The molecule has 0 fully saturated rings. The van der Waals surface area contributed by atoms with Crippen molar-refractivity contribution in [1.29, 1.82) is 0 Å². The van der Waals surface area contributed by atoms with E-state index in [1.54, 1.807) is 4.98 Å². The fourth-order valence-electron chi connectivity index (χ4n) is 0.822. The van der Waals surface area contributed by atoms with Gasteiger partial charge in [0.25, 0.3) is 0 Å². The Kier molecular flexibility index (Phi) is 2.33. The first-order valence-electron chi connectivity index (χ1n) is 3.35. The van der Waals surface area contributed by atoms with Crippen LogP contribution in [0.3, 0.4) is 0 Å². The van der Waals surface area contributed by atoms with Crippen LogP contribution in [0.25, 0.3) is 0 Å². The molecule has 0 atom stereocenters. The van der Waals surface area contributed by atoms with E-state index in [0.29, 0.717) is 12.1 Å². The molecule has 7 heteroatoms. The van der Waals surface area contributed by atoms with E-state index in [9.17, 15) is 22.8 Å². The van der Waals surface area contributed by atoms with Crippen molar-refractivity contribution < 1.29 is 23.1 Å². The number of carboxylic acids is 1. The number of hydrogen-bond donors (Lipinski definition) is 2. The molecule has 0 aliphatic heterocycles. The highest BCUT2D eigenvalue weighted by atomic mass is 19.4. The Morgan fingerprint density at radius 3 is 2.36 bits per heavy atom. The minimum atomic E-state index is -4.72. The number of aromatic carboxylic acids is 1. The summed E-state index contributed by atoms with van der Waals surface area (Å²) >= 11 is 0. The van der Waals surface area contributed by atoms with Crippen molar-refractivity contribution in [2.24, 2.45) is 0 Å². The molecular formula is C7H4F3NO3. The number of halogens is 3. The van der Waals surface area contributed by atoms with Gasteiger partial charge in [0.2, 0.25) is 5.56 Å². The molecule has 14 heavy (non-hydrogen) atoms. The van der Waals surface area contributed by atoms with E-state index in [-0.39, 0.29) is 0 Å². The molecule has 0 spiro atoms. The molecular weight excluding hydrogens is 203 g/mol. The molecule has 0 radical (unpaired) electrons. The maximum atomic E-state index is 12.1. The van der Waals surface area contributed by atoms with Crippen LogP contribution in [0.2, 0.25) is 0 Å². The van der Waals surface area contributed by atoms with Crippen LogP contribution in [0.4, 0.5) is 13.2 Å². The summed E-state index contributed by atoms with van der Waals surface area (Å²) in [6.45, 7) is 0. The van der Waals surface area contributed by atoms with Crippen LogP contribution in [0.1, 0.15) is 16.1 Å². The lowest BCUT2D eigenvalue weighted by atomic mass is 10.2. The van der Waals surface area contributed by atoms with Gasteiger partial charge in [-0.1, -0.05) is 0 Å². The Hall–Kier alpha value is -1.79. The first-order chi connectivity index (χ1) is 6.30. The van der Waals surface area contributed by atoms with Crippen molar-refractivity contribution in [3.8, 4) is 0 Å². The number of rotatable bonds is 1. The Bertz CT molecular complexity index is 421. The lowest BCUT2D eigenvalue weighted by molar-refractivity contribution is -0.137. The van der Waals surface area contributed by atoms with Crippen molar-refractivity contribution in [3.05, 3.63) is 33.7 Å². The zero-order valence-corrected chi connectivity index (χ0v) is 6.55. The number of aromatic amines is 1. The molecule has 0 saturated carbocycles. The van der Waals surface area contributed by atoms with Gasteiger partial charge in [0.05, 0.1) is 5.56 Å². The van der Waals surface area contributed by atoms with Crippen molar-refractivity contribution in [2.75, 3.05) is 0 Å². The lowest BCUT2D eigenvalue weighted by Gasteiger charge is -2.05. The molecule has 0 saturated heterocycles. The van der Waals surface area contributed by atoms with E-state index in [1.165, 1.54) is 0 Å². The van der Waals surface area contributed by atoms with E-state index in [0.717, 1.165) is 0 Å². The molecule has 0 bridgehead atoms. The largest absolute Gasteiger partial charge is 0.477 e. The fraction of sp³-hybridized carbons (Fsp3) is 0.143. The van der Waals surface area contributed by atoms with Gasteiger partial charge in [-0.2, -0.15) is 13.2 Å². The molecule has 76 valence electrons. The summed E-state index contributed by atoms with van der Waals surface area (Å²) in [6, 6.07) is 0.663. The second kappa shape index (κ2) is 3.17. The van der Waals surface area contributed by atoms with Gasteiger partial charge >= 0.3 is 12.1 Å². The summed E-state index contributed by atoms with van der Waals surface area (Å²) in [5.41, 5.74) is -3.17. The standard InChI is InChI=1S/C7H4F3NO3/c8-7(9,10)3-1-4(6(13)14)11-5(12)2-3/h1-2H,(H,11,12)(H,13,14). The summed E-state index contributed by atoms with van der Waals surface area (Å²) in [7, 11) is 0. The topological polar surface area (TPSA) is 70.2 Å². The Balaban J connectivity index is 3.35. The molecule has 1 aromatic rings. The van der Waals surface area contributed by atoms with E-state index in [2.05, 4.69) is 0 Å². The zero-order chi connectivity index (χ0) is 10.9. The predicted octanol–water partition coefficient (Wildman–Crippen LogP) is 1.09. The van der Waals surface area contributed by atoms with Gasteiger partial charge in [0.1, 0.15) is 5.69 Å². The number of carbonyl (C=O) groups is 1. The number of pyridine rings is 1. The van der Waals surface area contributed by atoms with Gasteiger partial charge in [-0.05, 0) is 6.07 Å². The van der Waals surface area contributed by atoms with E-state index in [4.69, 9.17) is 5.11 Å². The van der Waals surface area contributed by atoms with E-state index < -0.39 is 29.0 Å². The number of carboxylic acid groups (broad SMARTS) is 1.